The smallest absolute Gasteiger partial charge is 0.238 e. The Morgan fingerprint density at radius 3 is 3.00 bits per heavy atom. The second-order valence-electron chi connectivity index (χ2n) is 3.87. The van der Waals surface area contributed by atoms with Gasteiger partial charge in [0, 0.05) is 18.1 Å². The number of hydrogen-bond donors (Lipinski definition) is 1. The topological polar surface area (TPSA) is 46.9 Å². The first-order chi connectivity index (χ1) is 8.70. The van der Waals surface area contributed by atoms with Gasteiger partial charge in [0.25, 0.3) is 0 Å². The standard InChI is InChI=1S/C13H14BrN3O/c1-2-12(14)13(18)16-10-5-3-6-11(9-10)17-8-4-7-15-17/h3-9,12H,2H2,1H3,(H,16,18). The molecular formula is C13H14BrN3O. The Bertz CT molecular complexity index is 525. The number of alkyl halides is 1. The molecule has 0 aliphatic heterocycles. The minimum atomic E-state index is -0.161. The molecule has 0 saturated carbocycles. The third kappa shape index (κ3) is 2.98. The highest BCUT2D eigenvalue weighted by Crippen LogP contribution is 2.15. The molecule has 0 saturated heterocycles. The average Bonchev–Trinajstić information content (AvgIpc) is 2.92. The molecule has 1 unspecified atom stereocenters. The van der Waals surface area contributed by atoms with Gasteiger partial charge in [0.2, 0.25) is 5.91 Å². The van der Waals surface area contributed by atoms with Crippen molar-refractivity contribution >= 4 is 27.5 Å². The van der Waals surface area contributed by atoms with Gasteiger partial charge in [0.15, 0.2) is 0 Å². The molecule has 4 nitrogen and oxygen atoms in total. The fourth-order valence-electron chi connectivity index (χ4n) is 1.55. The number of rotatable bonds is 4. The van der Waals surface area contributed by atoms with E-state index in [0.29, 0.717) is 0 Å². The average molecular weight is 308 g/mol. The summed E-state index contributed by atoms with van der Waals surface area (Å²) in [5.41, 5.74) is 1.69. The van der Waals surface area contributed by atoms with Crippen LogP contribution in [0.25, 0.3) is 5.69 Å². The van der Waals surface area contributed by atoms with Crippen LogP contribution in [0.4, 0.5) is 5.69 Å². The second-order valence-corrected chi connectivity index (χ2v) is 4.97. The zero-order valence-electron chi connectivity index (χ0n) is 10.0. The molecule has 94 valence electrons. The summed E-state index contributed by atoms with van der Waals surface area (Å²) in [5.74, 6) is -0.0323. The second kappa shape index (κ2) is 5.82. The van der Waals surface area contributed by atoms with Crippen molar-refractivity contribution in [3.8, 4) is 5.69 Å². The minimum absolute atomic E-state index is 0.0323. The van der Waals surface area contributed by atoms with Crippen molar-refractivity contribution in [3.05, 3.63) is 42.7 Å². The van der Waals surface area contributed by atoms with Crippen LogP contribution in [0.5, 0.6) is 0 Å². The summed E-state index contributed by atoms with van der Waals surface area (Å²) >= 11 is 3.33. The number of nitrogens with one attached hydrogen (secondary N) is 1. The molecule has 1 amide bonds. The molecule has 1 heterocycles. The van der Waals surface area contributed by atoms with Gasteiger partial charge in [-0.1, -0.05) is 28.9 Å². The monoisotopic (exact) mass is 307 g/mol. The molecule has 0 fully saturated rings. The van der Waals surface area contributed by atoms with Gasteiger partial charge >= 0.3 is 0 Å². The fourth-order valence-corrected chi connectivity index (χ4v) is 1.67. The minimum Gasteiger partial charge on any atom is -0.325 e. The first-order valence-corrected chi connectivity index (χ1v) is 6.67. The van der Waals surface area contributed by atoms with Crippen molar-refractivity contribution in [1.29, 1.82) is 0 Å². The van der Waals surface area contributed by atoms with E-state index in [1.807, 2.05) is 43.5 Å². The van der Waals surface area contributed by atoms with Crippen molar-refractivity contribution in [2.75, 3.05) is 5.32 Å². The number of nitrogens with zero attached hydrogens (tertiary/aromatic N) is 2. The largest absolute Gasteiger partial charge is 0.325 e. The summed E-state index contributed by atoms with van der Waals surface area (Å²) in [5, 5.41) is 7.02. The van der Waals surface area contributed by atoms with Crippen molar-refractivity contribution in [2.24, 2.45) is 0 Å². The van der Waals surface area contributed by atoms with E-state index in [2.05, 4.69) is 26.3 Å². The Balaban J connectivity index is 2.16. The molecule has 0 bridgehead atoms. The molecule has 1 aromatic carbocycles. The van der Waals surface area contributed by atoms with Crippen LogP contribution in [0.1, 0.15) is 13.3 Å². The number of hydrogen-bond acceptors (Lipinski definition) is 2. The molecule has 1 aromatic heterocycles. The molecule has 2 aromatic rings. The van der Waals surface area contributed by atoms with Crippen LogP contribution in [0.15, 0.2) is 42.7 Å². The van der Waals surface area contributed by atoms with Crippen LogP contribution in [0, 0.1) is 0 Å². The fraction of sp³-hybridized carbons (Fsp3) is 0.231. The van der Waals surface area contributed by atoms with E-state index < -0.39 is 0 Å². The predicted molar refractivity (Wildman–Crippen MR) is 75.2 cm³/mol. The molecule has 5 heteroatoms. The lowest BCUT2D eigenvalue weighted by Crippen LogP contribution is -2.22. The molecule has 2 rings (SSSR count). The van der Waals surface area contributed by atoms with Crippen molar-refractivity contribution in [2.45, 2.75) is 18.2 Å². The van der Waals surface area contributed by atoms with E-state index in [4.69, 9.17) is 0 Å². The number of halogens is 1. The SMILES string of the molecule is CCC(Br)C(=O)Nc1cccc(-n2cccn2)c1. The molecule has 1 atom stereocenters. The van der Waals surface area contributed by atoms with Gasteiger partial charge in [0.05, 0.1) is 10.5 Å². The van der Waals surface area contributed by atoms with Crippen LogP contribution >= 0.6 is 15.9 Å². The van der Waals surface area contributed by atoms with Gasteiger partial charge in [-0.05, 0) is 30.7 Å². The van der Waals surface area contributed by atoms with Crippen molar-refractivity contribution in [3.63, 3.8) is 0 Å². The van der Waals surface area contributed by atoms with E-state index in [0.717, 1.165) is 17.8 Å². The molecule has 0 spiro atoms. The summed E-state index contributed by atoms with van der Waals surface area (Å²) in [6.07, 6.45) is 4.34. The normalized spacial score (nSPS) is 12.1. The van der Waals surface area contributed by atoms with Gasteiger partial charge < -0.3 is 5.32 Å². The van der Waals surface area contributed by atoms with E-state index in [-0.39, 0.29) is 10.7 Å². The quantitative estimate of drug-likeness (QED) is 0.883. The van der Waals surface area contributed by atoms with Gasteiger partial charge in [-0.2, -0.15) is 5.10 Å². The number of amides is 1. The molecule has 18 heavy (non-hydrogen) atoms. The summed E-state index contributed by atoms with van der Waals surface area (Å²) in [7, 11) is 0. The Kier molecular flexibility index (Phi) is 4.15. The first kappa shape index (κ1) is 12.8. The van der Waals surface area contributed by atoms with Gasteiger partial charge in [0.1, 0.15) is 0 Å². The molecule has 0 radical (unpaired) electrons. The lowest BCUT2D eigenvalue weighted by molar-refractivity contribution is -0.115. The van der Waals surface area contributed by atoms with E-state index >= 15 is 0 Å². The number of carbonyl (C=O) groups is 1. The Morgan fingerprint density at radius 2 is 2.33 bits per heavy atom. The third-order valence-corrected chi connectivity index (χ3v) is 3.59. The maximum atomic E-state index is 11.8. The maximum absolute atomic E-state index is 11.8. The lowest BCUT2D eigenvalue weighted by Gasteiger charge is -2.10. The highest BCUT2D eigenvalue weighted by Gasteiger charge is 2.12. The van der Waals surface area contributed by atoms with Crippen molar-refractivity contribution in [1.82, 2.24) is 9.78 Å². The summed E-state index contributed by atoms with van der Waals surface area (Å²) < 4.78 is 1.75. The van der Waals surface area contributed by atoms with Gasteiger partial charge in [-0.3, -0.25) is 4.79 Å². The maximum Gasteiger partial charge on any atom is 0.238 e. The summed E-state index contributed by atoms with van der Waals surface area (Å²) in [6.45, 7) is 1.96. The molecule has 0 aliphatic rings. The van der Waals surface area contributed by atoms with Crippen LogP contribution in [0.2, 0.25) is 0 Å². The summed E-state index contributed by atoms with van der Waals surface area (Å²) in [6, 6.07) is 9.44. The van der Waals surface area contributed by atoms with Crippen LogP contribution < -0.4 is 5.32 Å². The number of carbonyl (C=O) groups excluding carboxylic acids is 1. The highest BCUT2D eigenvalue weighted by atomic mass is 79.9. The van der Waals surface area contributed by atoms with Gasteiger partial charge in [-0.25, -0.2) is 4.68 Å². The zero-order chi connectivity index (χ0) is 13.0. The molecular weight excluding hydrogens is 294 g/mol. The third-order valence-electron chi connectivity index (χ3n) is 2.53. The Labute approximate surface area is 114 Å². The Morgan fingerprint density at radius 1 is 1.50 bits per heavy atom. The van der Waals surface area contributed by atoms with Crippen LogP contribution in [-0.4, -0.2) is 20.5 Å². The first-order valence-electron chi connectivity index (χ1n) is 5.75. The van der Waals surface area contributed by atoms with Crippen LogP contribution in [0.3, 0.4) is 0 Å². The molecule has 0 aliphatic carbocycles. The summed E-state index contributed by atoms with van der Waals surface area (Å²) in [4.78, 5) is 11.6. The Hall–Kier alpha value is -1.62. The lowest BCUT2D eigenvalue weighted by atomic mass is 10.2. The van der Waals surface area contributed by atoms with E-state index in [1.165, 1.54) is 0 Å². The van der Waals surface area contributed by atoms with Crippen molar-refractivity contribution < 1.29 is 4.79 Å². The van der Waals surface area contributed by atoms with E-state index in [1.54, 1.807) is 10.9 Å². The predicted octanol–water partition coefficient (Wildman–Crippen LogP) is 2.98. The van der Waals surface area contributed by atoms with E-state index in [9.17, 15) is 4.79 Å². The molecule has 1 N–H and O–H groups in total. The number of benzene rings is 1. The zero-order valence-corrected chi connectivity index (χ0v) is 11.6. The number of aromatic nitrogens is 2. The van der Waals surface area contributed by atoms with Gasteiger partial charge in [-0.15, -0.1) is 0 Å². The van der Waals surface area contributed by atoms with Crippen LogP contribution in [-0.2, 0) is 4.79 Å². The number of anilines is 1. The highest BCUT2D eigenvalue weighted by molar-refractivity contribution is 9.10.